The number of methoxy groups -OCH3 is 2. The number of ether oxygens (including phenoxy) is 2. The monoisotopic (exact) mass is 435 g/mol. The third-order valence-electron chi connectivity index (χ3n) is 3.99. The van der Waals surface area contributed by atoms with Gasteiger partial charge in [-0.3, -0.25) is 0 Å². The Morgan fingerprint density at radius 1 is 1.15 bits per heavy atom. The van der Waals surface area contributed by atoms with Crippen LogP contribution in [0, 0.1) is 6.92 Å². The normalized spacial score (nSPS) is 14.5. The van der Waals surface area contributed by atoms with Gasteiger partial charge in [0.1, 0.15) is 0 Å². The molecule has 7 heteroatoms. The fourth-order valence-corrected chi connectivity index (χ4v) is 4.96. The number of hydrazone groups is 1. The van der Waals surface area contributed by atoms with Crippen molar-refractivity contribution in [1.29, 1.82) is 0 Å². The topological polar surface area (TPSA) is 54.9 Å². The third-order valence-corrected chi connectivity index (χ3v) is 6.44. The summed E-state index contributed by atoms with van der Waals surface area (Å²) in [5.74, 6) is 1.41. The molecule has 1 aliphatic rings. The number of fused-ring (bicyclic) bond motifs is 1. The molecule has 5 nitrogen and oxygen atoms in total. The summed E-state index contributed by atoms with van der Waals surface area (Å²) in [6.45, 7) is 2.11. The second kappa shape index (κ2) is 8.54. The Labute approximate surface area is 165 Å². The van der Waals surface area contributed by atoms with Gasteiger partial charge in [-0.1, -0.05) is 0 Å². The summed E-state index contributed by atoms with van der Waals surface area (Å²) in [5, 5.41) is 9.26. The molecule has 0 bridgehead atoms. The van der Waals surface area contributed by atoms with E-state index in [-0.39, 0.29) is 0 Å². The van der Waals surface area contributed by atoms with Crippen LogP contribution in [0.15, 0.2) is 41.5 Å². The number of anilines is 1. The van der Waals surface area contributed by atoms with Crippen molar-refractivity contribution in [2.24, 2.45) is 5.10 Å². The zero-order valence-electron chi connectivity index (χ0n) is 15.0. The van der Waals surface area contributed by atoms with E-state index in [2.05, 4.69) is 41.0 Å². The van der Waals surface area contributed by atoms with Crippen molar-refractivity contribution in [1.82, 2.24) is 5.43 Å². The van der Waals surface area contributed by atoms with Crippen LogP contribution in [0.5, 0.6) is 11.5 Å². The average Bonchev–Trinajstić information content (AvgIpc) is 2.66. The number of hydrogen-bond acceptors (Lipinski definition) is 4. The number of aryl methyl sites for hydroxylation is 1. The SMILES string of the molecule is COc1ccc(OC)c(NC(=S)N/N=C2\CC[Se]c3ccc(C)cc32)c1. The molecule has 0 saturated carbocycles. The Hall–Kier alpha value is -2.08. The van der Waals surface area contributed by atoms with Crippen LogP contribution in [0.3, 0.4) is 0 Å². The van der Waals surface area contributed by atoms with E-state index in [9.17, 15) is 0 Å². The molecule has 0 unspecified atom stereocenters. The first kappa shape index (κ1) is 18.7. The van der Waals surface area contributed by atoms with Gasteiger partial charge in [-0.25, -0.2) is 0 Å². The molecule has 0 spiro atoms. The molecular formula is C19H21N3O2SSe. The van der Waals surface area contributed by atoms with Gasteiger partial charge in [-0.05, 0) is 0 Å². The molecule has 0 radical (unpaired) electrons. The molecular weight excluding hydrogens is 413 g/mol. The molecule has 0 fully saturated rings. The fraction of sp³-hybridized carbons (Fsp3) is 0.263. The number of nitrogens with one attached hydrogen (secondary N) is 2. The van der Waals surface area contributed by atoms with Crippen LogP contribution < -0.4 is 24.7 Å². The van der Waals surface area contributed by atoms with Gasteiger partial charge >= 0.3 is 165 Å². The number of thiocarbonyl (C=S) groups is 1. The zero-order chi connectivity index (χ0) is 18.5. The molecule has 136 valence electrons. The predicted octanol–water partition coefficient (Wildman–Crippen LogP) is 2.85. The molecule has 1 aliphatic heterocycles. The molecule has 0 atom stereocenters. The van der Waals surface area contributed by atoms with Crippen molar-refractivity contribution in [2.75, 3.05) is 19.5 Å². The Morgan fingerprint density at radius 3 is 2.77 bits per heavy atom. The minimum absolute atomic E-state index is 0.411. The number of nitrogens with zero attached hydrogens (tertiary/aromatic N) is 1. The van der Waals surface area contributed by atoms with Crippen LogP contribution >= 0.6 is 12.2 Å². The molecule has 26 heavy (non-hydrogen) atoms. The van der Waals surface area contributed by atoms with Crippen molar-refractivity contribution in [3.8, 4) is 11.5 Å². The second-order valence-electron chi connectivity index (χ2n) is 5.79. The van der Waals surface area contributed by atoms with E-state index < -0.39 is 0 Å². The van der Waals surface area contributed by atoms with Gasteiger partial charge < -0.3 is 0 Å². The summed E-state index contributed by atoms with van der Waals surface area (Å²) in [6.07, 6.45) is 0.967. The Bertz CT molecular complexity index is 855. The van der Waals surface area contributed by atoms with E-state index in [1.54, 1.807) is 14.2 Å². The van der Waals surface area contributed by atoms with Crippen LogP contribution in [-0.4, -0.2) is 40.0 Å². The van der Waals surface area contributed by atoms with E-state index in [4.69, 9.17) is 21.7 Å². The van der Waals surface area contributed by atoms with Crippen LogP contribution in [-0.2, 0) is 0 Å². The van der Waals surface area contributed by atoms with Crippen molar-refractivity contribution in [3.63, 3.8) is 0 Å². The standard InChI is InChI=1S/C19H21N3O2SSe/c1-12-4-7-18-14(10-12)15(8-9-26-18)21-22-19(25)20-16-11-13(23-2)5-6-17(16)24-3/h4-7,10-11H,8-9H2,1-3H3,(H2,20,22,25)/b21-15+. The Morgan fingerprint density at radius 2 is 2.00 bits per heavy atom. The molecule has 2 aromatic rings. The van der Waals surface area contributed by atoms with Gasteiger partial charge in [0.2, 0.25) is 0 Å². The Kier molecular flexibility index (Phi) is 6.14. The molecule has 0 saturated heterocycles. The van der Waals surface area contributed by atoms with Crippen molar-refractivity contribution >= 4 is 48.1 Å². The van der Waals surface area contributed by atoms with E-state index in [1.807, 2.05) is 18.2 Å². The summed E-state index contributed by atoms with van der Waals surface area (Å²) in [4.78, 5) is 0. The predicted molar refractivity (Wildman–Crippen MR) is 111 cm³/mol. The van der Waals surface area contributed by atoms with Crippen LogP contribution in [0.2, 0.25) is 5.32 Å². The summed E-state index contributed by atoms with van der Waals surface area (Å²) in [6, 6.07) is 12.1. The summed E-state index contributed by atoms with van der Waals surface area (Å²) < 4.78 is 12.0. The molecule has 2 N–H and O–H groups in total. The van der Waals surface area contributed by atoms with Gasteiger partial charge in [0.25, 0.3) is 0 Å². The zero-order valence-corrected chi connectivity index (χ0v) is 17.5. The maximum atomic E-state index is 5.39. The van der Waals surface area contributed by atoms with Gasteiger partial charge in [0.05, 0.1) is 0 Å². The molecule has 2 aromatic carbocycles. The van der Waals surface area contributed by atoms with E-state index in [0.717, 1.165) is 28.9 Å². The quantitative estimate of drug-likeness (QED) is 0.441. The van der Waals surface area contributed by atoms with Crippen molar-refractivity contribution in [2.45, 2.75) is 18.7 Å². The maximum absolute atomic E-state index is 5.39. The first-order valence-corrected chi connectivity index (χ1v) is 10.7. The molecule has 3 rings (SSSR count). The summed E-state index contributed by atoms with van der Waals surface area (Å²) in [7, 11) is 3.24. The second-order valence-corrected chi connectivity index (χ2v) is 8.58. The van der Waals surface area contributed by atoms with Crippen LogP contribution in [0.1, 0.15) is 17.5 Å². The van der Waals surface area contributed by atoms with E-state index in [1.165, 1.54) is 15.6 Å². The van der Waals surface area contributed by atoms with Crippen LogP contribution in [0.25, 0.3) is 0 Å². The van der Waals surface area contributed by atoms with E-state index in [0.29, 0.717) is 25.8 Å². The van der Waals surface area contributed by atoms with Gasteiger partial charge in [-0.15, -0.1) is 0 Å². The molecule has 0 aliphatic carbocycles. The molecule has 1 heterocycles. The number of hydrogen-bond donors (Lipinski definition) is 2. The van der Waals surface area contributed by atoms with Crippen LogP contribution in [0.4, 0.5) is 5.69 Å². The first-order chi connectivity index (χ1) is 12.6. The Balaban J connectivity index is 1.74. The average molecular weight is 434 g/mol. The number of benzene rings is 2. The first-order valence-electron chi connectivity index (χ1n) is 8.20. The van der Waals surface area contributed by atoms with Gasteiger partial charge in [0.15, 0.2) is 0 Å². The summed E-state index contributed by atoms with van der Waals surface area (Å²) in [5.41, 5.74) is 7.24. The molecule has 0 aromatic heterocycles. The van der Waals surface area contributed by atoms with Crippen molar-refractivity contribution < 1.29 is 9.47 Å². The third kappa shape index (κ3) is 4.36. The number of rotatable bonds is 4. The molecule has 0 amide bonds. The van der Waals surface area contributed by atoms with Gasteiger partial charge in [-0.2, -0.15) is 0 Å². The summed E-state index contributed by atoms with van der Waals surface area (Å²) >= 11 is 5.92. The minimum atomic E-state index is 0.411. The van der Waals surface area contributed by atoms with Gasteiger partial charge in [0, 0.05) is 0 Å². The van der Waals surface area contributed by atoms with Crippen molar-refractivity contribution in [3.05, 3.63) is 47.5 Å². The van der Waals surface area contributed by atoms with E-state index >= 15 is 0 Å². The fourth-order valence-electron chi connectivity index (χ4n) is 2.68.